The smallest absolute Gasteiger partial charge is 0.301 e. The van der Waals surface area contributed by atoms with Gasteiger partial charge in [-0.3, -0.25) is 4.79 Å². The van der Waals surface area contributed by atoms with Gasteiger partial charge in [-0.2, -0.15) is 0 Å². The van der Waals surface area contributed by atoms with Crippen LogP contribution >= 0.6 is 11.6 Å². The number of rotatable bonds is 5. The van der Waals surface area contributed by atoms with Crippen LogP contribution in [0, 0.1) is 0 Å². The van der Waals surface area contributed by atoms with Gasteiger partial charge >= 0.3 is 5.79 Å². The summed E-state index contributed by atoms with van der Waals surface area (Å²) in [5.41, 5.74) is 3.52. The van der Waals surface area contributed by atoms with Gasteiger partial charge in [-0.25, -0.2) is 0 Å². The molecule has 0 aromatic heterocycles. The Morgan fingerprint density at radius 1 is 0.947 bits per heavy atom. The van der Waals surface area contributed by atoms with E-state index in [1.54, 1.807) is 7.11 Å². The number of anilines is 1. The van der Waals surface area contributed by atoms with Crippen LogP contribution in [0.25, 0.3) is 0 Å². The maximum atomic E-state index is 13.5. The van der Waals surface area contributed by atoms with Gasteiger partial charge in [-0.15, -0.1) is 0 Å². The third kappa shape index (κ3) is 4.39. The van der Waals surface area contributed by atoms with Gasteiger partial charge in [0.2, 0.25) is 0 Å². The second kappa shape index (κ2) is 10.1. The molecule has 7 heteroatoms. The van der Waals surface area contributed by atoms with Crippen molar-refractivity contribution in [2.24, 2.45) is 0 Å². The minimum atomic E-state index is -1.03. The van der Waals surface area contributed by atoms with Crippen LogP contribution in [0.15, 0.2) is 90.5 Å². The van der Waals surface area contributed by atoms with Gasteiger partial charge in [-0.1, -0.05) is 60.2 Å². The Morgan fingerprint density at radius 3 is 2.47 bits per heavy atom. The van der Waals surface area contributed by atoms with E-state index in [4.69, 9.17) is 25.8 Å². The second-order valence-electron chi connectivity index (χ2n) is 9.60. The van der Waals surface area contributed by atoms with Crippen molar-refractivity contribution in [2.75, 3.05) is 38.2 Å². The molecule has 0 bridgehead atoms. The fourth-order valence-electron chi connectivity index (χ4n) is 5.35. The van der Waals surface area contributed by atoms with Gasteiger partial charge in [0, 0.05) is 47.9 Å². The standard InChI is InChI=1S/C31H29ClN2O4/c1-36-27-15-13-25(32)21-26(27)33-16-18-34(19-17-33)30(35)22-12-14-28-29(20-22)38-31(37-28,23-8-4-2-5-9-23)24-10-6-3-7-11-24/h2-6,8-10,12-15,20-21H,7,11,16-19H2,1H3. The quantitative estimate of drug-likeness (QED) is 0.394. The van der Waals surface area contributed by atoms with Crippen molar-refractivity contribution in [1.29, 1.82) is 0 Å². The summed E-state index contributed by atoms with van der Waals surface area (Å²) >= 11 is 6.23. The molecule has 1 fully saturated rings. The zero-order chi connectivity index (χ0) is 26.1. The zero-order valence-corrected chi connectivity index (χ0v) is 22.0. The molecule has 1 atom stereocenters. The lowest BCUT2D eigenvalue weighted by Crippen LogP contribution is -2.48. The number of piperazine rings is 1. The van der Waals surface area contributed by atoms with Crippen LogP contribution in [0.1, 0.15) is 28.8 Å². The average molecular weight is 529 g/mol. The summed E-state index contributed by atoms with van der Waals surface area (Å²) in [7, 11) is 1.65. The van der Waals surface area contributed by atoms with E-state index in [2.05, 4.69) is 17.1 Å². The number of methoxy groups -OCH3 is 1. The third-order valence-electron chi connectivity index (χ3n) is 7.34. The van der Waals surface area contributed by atoms with Crippen molar-refractivity contribution in [3.63, 3.8) is 0 Å². The lowest BCUT2D eigenvalue weighted by Gasteiger charge is -2.36. The number of fused-ring (bicyclic) bond motifs is 1. The van der Waals surface area contributed by atoms with Gasteiger partial charge < -0.3 is 24.0 Å². The monoisotopic (exact) mass is 528 g/mol. The molecule has 3 aromatic rings. The summed E-state index contributed by atoms with van der Waals surface area (Å²) in [4.78, 5) is 17.6. The highest BCUT2D eigenvalue weighted by atomic mass is 35.5. The number of carbonyl (C=O) groups excluding carboxylic acids is 1. The minimum absolute atomic E-state index is 0.0221. The normalized spacial score (nSPS) is 20.3. The summed E-state index contributed by atoms with van der Waals surface area (Å²) in [5, 5.41) is 0.659. The molecular formula is C31H29ClN2O4. The van der Waals surface area contributed by atoms with E-state index in [1.807, 2.05) is 77.7 Å². The fraction of sp³-hybridized carbons (Fsp3) is 0.258. The lowest BCUT2D eigenvalue weighted by atomic mass is 9.91. The number of benzene rings is 3. The maximum Gasteiger partial charge on any atom is 0.301 e. The first-order valence-electron chi connectivity index (χ1n) is 12.9. The molecule has 2 heterocycles. The van der Waals surface area contributed by atoms with E-state index in [1.165, 1.54) is 0 Å². The molecule has 0 spiro atoms. The number of hydrogen-bond donors (Lipinski definition) is 0. The molecule has 0 radical (unpaired) electrons. The Labute approximate surface area is 227 Å². The van der Waals surface area contributed by atoms with Crippen LogP contribution in [-0.2, 0) is 5.79 Å². The van der Waals surface area contributed by atoms with Crippen molar-refractivity contribution in [3.8, 4) is 17.2 Å². The van der Waals surface area contributed by atoms with Crippen LogP contribution in [0.4, 0.5) is 5.69 Å². The summed E-state index contributed by atoms with van der Waals surface area (Å²) < 4.78 is 18.6. The Bertz CT molecular complexity index is 1410. The number of hydrogen-bond acceptors (Lipinski definition) is 5. The van der Waals surface area contributed by atoms with Crippen molar-refractivity contribution < 1.29 is 19.0 Å². The molecule has 1 saturated heterocycles. The highest BCUT2D eigenvalue weighted by molar-refractivity contribution is 6.31. The highest BCUT2D eigenvalue weighted by Gasteiger charge is 2.47. The molecule has 6 nitrogen and oxygen atoms in total. The van der Waals surface area contributed by atoms with Crippen molar-refractivity contribution in [3.05, 3.63) is 107 Å². The number of carbonyl (C=O) groups is 1. The molecule has 38 heavy (non-hydrogen) atoms. The number of nitrogens with zero attached hydrogens (tertiary/aromatic N) is 2. The van der Waals surface area contributed by atoms with Gasteiger partial charge in [0.15, 0.2) is 11.5 Å². The number of ether oxygens (including phenoxy) is 3. The van der Waals surface area contributed by atoms with Gasteiger partial charge in [0.05, 0.1) is 12.8 Å². The van der Waals surface area contributed by atoms with Gasteiger partial charge in [0.1, 0.15) is 5.75 Å². The van der Waals surface area contributed by atoms with Gasteiger partial charge in [0.25, 0.3) is 5.91 Å². The molecule has 2 aliphatic heterocycles. The van der Waals surface area contributed by atoms with E-state index < -0.39 is 5.79 Å². The Hall–Kier alpha value is -3.90. The lowest BCUT2D eigenvalue weighted by molar-refractivity contribution is -0.0527. The summed E-state index contributed by atoms with van der Waals surface area (Å²) in [6.45, 7) is 2.56. The minimum Gasteiger partial charge on any atom is -0.495 e. The van der Waals surface area contributed by atoms with Crippen LogP contribution in [0.3, 0.4) is 0 Å². The first-order chi connectivity index (χ1) is 18.6. The molecule has 0 saturated carbocycles. The Kier molecular flexibility index (Phi) is 6.50. The number of allylic oxidation sites excluding steroid dienone is 3. The maximum absolute atomic E-state index is 13.5. The molecule has 3 aromatic carbocycles. The number of halogens is 1. The summed E-state index contributed by atoms with van der Waals surface area (Å²) in [6, 6.07) is 21.1. The van der Waals surface area contributed by atoms with Crippen molar-refractivity contribution >= 4 is 23.2 Å². The third-order valence-corrected chi connectivity index (χ3v) is 7.57. The second-order valence-corrected chi connectivity index (χ2v) is 10.0. The Morgan fingerprint density at radius 2 is 1.74 bits per heavy atom. The van der Waals surface area contributed by atoms with E-state index in [9.17, 15) is 4.79 Å². The van der Waals surface area contributed by atoms with Crippen LogP contribution in [0.5, 0.6) is 17.2 Å². The molecule has 3 aliphatic rings. The van der Waals surface area contributed by atoms with E-state index in [-0.39, 0.29) is 5.91 Å². The Balaban J connectivity index is 1.21. The largest absolute Gasteiger partial charge is 0.495 e. The van der Waals surface area contributed by atoms with Crippen molar-refractivity contribution in [1.82, 2.24) is 4.90 Å². The summed E-state index contributed by atoms with van der Waals surface area (Å²) in [5.74, 6) is 0.940. The topological polar surface area (TPSA) is 51.2 Å². The predicted molar refractivity (Wildman–Crippen MR) is 148 cm³/mol. The fourth-order valence-corrected chi connectivity index (χ4v) is 5.51. The SMILES string of the molecule is COc1ccc(Cl)cc1N1CCN(C(=O)c2ccc3c(c2)OC(C2=CC=CCC2)(c2ccccc2)O3)CC1. The summed E-state index contributed by atoms with van der Waals surface area (Å²) in [6.07, 6.45) is 8.03. The molecule has 1 unspecified atom stereocenters. The van der Waals surface area contributed by atoms with E-state index in [0.717, 1.165) is 35.4 Å². The van der Waals surface area contributed by atoms with E-state index >= 15 is 0 Å². The number of amides is 1. The van der Waals surface area contributed by atoms with Crippen LogP contribution < -0.4 is 19.1 Å². The highest BCUT2D eigenvalue weighted by Crippen LogP contribution is 2.49. The predicted octanol–water partition coefficient (Wildman–Crippen LogP) is 6.21. The molecular weight excluding hydrogens is 500 g/mol. The van der Waals surface area contributed by atoms with Crippen molar-refractivity contribution in [2.45, 2.75) is 18.6 Å². The average Bonchev–Trinajstić information content (AvgIpc) is 3.38. The van der Waals surface area contributed by atoms with Gasteiger partial charge in [-0.05, 0) is 49.2 Å². The van der Waals surface area contributed by atoms with E-state index in [0.29, 0.717) is 48.3 Å². The first-order valence-corrected chi connectivity index (χ1v) is 13.3. The van der Waals surface area contributed by atoms with Crippen LogP contribution in [0.2, 0.25) is 5.02 Å². The molecule has 1 aliphatic carbocycles. The molecule has 0 N–H and O–H groups in total. The first kappa shape index (κ1) is 24.4. The molecule has 194 valence electrons. The molecule has 6 rings (SSSR count). The van der Waals surface area contributed by atoms with Crippen LogP contribution in [-0.4, -0.2) is 44.1 Å². The zero-order valence-electron chi connectivity index (χ0n) is 21.2. The molecule has 1 amide bonds.